The van der Waals surface area contributed by atoms with Crippen LogP contribution in [-0.2, 0) is 14.3 Å². The summed E-state index contributed by atoms with van der Waals surface area (Å²) >= 11 is 0. The van der Waals surface area contributed by atoms with Crippen molar-refractivity contribution < 1.29 is 34.7 Å². The molecule has 0 bridgehead atoms. The van der Waals surface area contributed by atoms with Crippen LogP contribution in [0, 0.1) is 0 Å². The van der Waals surface area contributed by atoms with Gasteiger partial charge in [0, 0.05) is 7.11 Å². The van der Waals surface area contributed by atoms with Crippen LogP contribution in [0.1, 0.15) is 0 Å². The molecule has 1 rings (SSSR count). The Hall–Kier alpha value is -0.730. The number of aliphatic hydroxyl groups is 3. The van der Waals surface area contributed by atoms with Crippen LogP contribution in [-0.4, -0.2) is 64.2 Å². The highest BCUT2D eigenvalue weighted by molar-refractivity contribution is 5.73. The zero-order chi connectivity index (χ0) is 10.9. The maximum atomic E-state index is 10.5. The highest BCUT2D eigenvalue weighted by Crippen LogP contribution is 2.21. The van der Waals surface area contributed by atoms with Crippen molar-refractivity contribution in [1.82, 2.24) is 0 Å². The molecule has 1 aliphatic rings. The molecule has 1 heterocycles. The van der Waals surface area contributed by atoms with Crippen molar-refractivity contribution in [2.75, 3.05) is 7.11 Å². The van der Waals surface area contributed by atoms with Gasteiger partial charge in [-0.2, -0.15) is 0 Å². The maximum Gasteiger partial charge on any atom is 0.335 e. The Bertz CT molecular complexity index is 216. The summed E-state index contributed by atoms with van der Waals surface area (Å²) in [7, 11) is 1.19. The third-order valence-corrected chi connectivity index (χ3v) is 2.05. The van der Waals surface area contributed by atoms with Gasteiger partial charge < -0.3 is 29.9 Å². The molecule has 0 aromatic carbocycles. The minimum Gasteiger partial charge on any atom is -0.479 e. The number of carboxylic acid groups (broad SMARTS) is 1. The number of aliphatic hydroxyl groups excluding tert-OH is 3. The predicted molar refractivity (Wildman–Crippen MR) is 41.3 cm³/mol. The van der Waals surface area contributed by atoms with E-state index in [9.17, 15) is 20.1 Å². The number of carbonyl (C=O) groups is 1. The molecule has 0 aromatic rings. The lowest BCUT2D eigenvalue weighted by Gasteiger charge is -2.37. The lowest BCUT2D eigenvalue weighted by Crippen LogP contribution is -2.60. The van der Waals surface area contributed by atoms with Gasteiger partial charge in [0.15, 0.2) is 12.4 Å². The average Bonchev–Trinajstić information content (AvgIpc) is 2.14. The van der Waals surface area contributed by atoms with Gasteiger partial charge in [-0.1, -0.05) is 0 Å². The second-order valence-electron chi connectivity index (χ2n) is 2.97. The van der Waals surface area contributed by atoms with E-state index in [1.165, 1.54) is 7.11 Å². The van der Waals surface area contributed by atoms with Crippen LogP contribution in [0.15, 0.2) is 0 Å². The molecular weight excluding hydrogens is 196 g/mol. The van der Waals surface area contributed by atoms with Crippen molar-refractivity contribution in [3.8, 4) is 0 Å². The Morgan fingerprint density at radius 2 is 1.79 bits per heavy atom. The predicted octanol–water partition coefficient (Wildman–Crippen LogP) is -2.47. The van der Waals surface area contributed by atoms with E-state index in [4.69, 9.17) is 9.84 Å². The Kier molecular flexibility index (Phi) is 3.40. The minimum absolute atomic E-state index is 1.19. The first-order valence-electron chi connectivity index (χ1n) is 3.94. The van der Waals surface area contributed by atoms with Crippen LogP contribution in [0.3, 0.4) is 0 Å². The topological polar surface area (TPSA) is 116 Å². The van der Waals surface area contributed by atoms with Gasteiger partial charge in [0.1, 0.15) is 18.3 Å². The van der Waals surface area contributed by atoms with Gasteiger partial charge in [-0.25, -0.2) is 4.79 Å². The zero-order valence-corrected chi connectivity index (χ0v) is 7.40. The lowest BCUT2D eigenvalue weighted by molar-refractivity contribution is -0.287. The fraction of sp³-hybridized carbons (Fsp3) is 0.857. The fourth-order valence-electron chi connectivity index (χ4n) is 1.25. The summed E-state index contributed by atoms with van der Waals surface area (Å²) in [6.07, 6.45) is -7.60. The molecule has 5 atom stereocenters. The number of aliphatic carboxylic acids is 1. The van der Waals surface area contributed by atoms with E-state index in [0.29, 0.717) is 0 Å². The second-order valence-corrected chi connectivity index (χ2v) is 2.97. The van der Waals surface area contributed by atoms with E-state index < -0.39 is 36.7 Å². The van der Waals surface area contributed by atoms with E-state index in [2.05, 4.69) is 4.74 Å². The zero-order valence-electron chi connectivity index (χ0n) is 7.40. The van der Waals surface area contributed by atoms with Crippen LogP contribution in [0.5, 0.6) is 0 Å². The molecule has 2 unspecified atom stereocenters. The second kappa shape index (κ2) is 4.20. The molecule has 14 heavy (non-hydrogen) atoms. The molecular formula is C7H12O7. The van der Waals surface area contributed by atoms with Crippen molar-refractivity contribution in [1.29, 1.82) is 0 Å². The van der Waals surface area contributed by atoms with Crippen molar-refractivity contribution in [3.05, 3.63) is 0 Å². The molecule has 0 saturated carbocycles. The Labute approximate surface area is 79.5 Å². The summed E-state index contributed by atoms with van der Waals surface area (Å²) in [4.78, 5) is 10.5. The van der Waals surface area contributed by atoms with Crippen molar-refractivity contribution in [3.63, 3.8) is 0 Å². The smallest absolute Gasteiger partial charge is 0.335 e. The Balaban J connectivity index is 2.78. The fourth-order valence-corrected chi connectivity index (χ4v) is 1.25. The van der Waals surface area contributed by atoms with Gasteiger partial charge in [0.25, 0.3) is 0 Å². The highest BCUT2D eigenvalue weighted by Gasteiger charge is 2.46. The van der Waals surface area contributed by atoms with Crippen molar-refractivity contribution in [2.24, 2.45) is 0 Å². The summed E-state index contributed by atoms with van der Waals surface area (Å²) in [5.41, 5.74) is 0. The minimum atomic E-state index is -1.67. The van der Waals surface area contributed by atoms with Crippen LogP contribution < -0.4 is 0 Å². The van der Waals surface area contributed by atoms with E-state index >= 15 is 0 Å². The molecule has 4 N–H and O–H groups in total. The molecule has 1 saturated heterocycles. The standard InChI is InChI=1S/C7H12O7/c1-13-7-4(10)2(8)3(9)5(14-7)6(11)12/h2-5,7-10H,1H3,(H,11,12)/t2-,3+,4?,5?,7-/m1/s1. The van der Waals surface area contributed by atoms with E-state index in [0.717, 1.165) is 0 Å². The Morgan fingerprint density at radius 1 is 1.21 bits per heavy atom. The van der Waals surface area contributed by atoms with Gasteiger partial charge in [-0.3, -0.25) is 0 Å². The van der Waals surface area contributed by atoms with E-state index in [1.54, 1.807) is 0 Å². The normalized spacial score (nSPS) is 43.6. The molecule has 0 radical (unpaired) electrons. The summed E-state index contributed by atoms with van der Waals surface area (Å²) in [5, 5.41) is 36.3. The first-order valence-corrected chi connectivity index (χ1v) is 3.94. The molecule has 1 aliphatic heterocycles. The molecule has 0 spiro atoms. The third kappa shape index (κ3) is 1.86. The number of hydrogen-bond acceptors (Lipinski definition) is 6. The number of methoxy groups -OCH3 is 1. The SMILES string of the molecule is CO[C@@H]1OC(C(=O)O)[C@@H](O)[C@@H](O)C1O. The summed E-state index contributed by atoms with van der Waals surface area (Å²) in [5.74, 6) is -1.43. The monoisotopic (exact) mass is 208 g/mol. The van der Waals surface area contributed by atoms with Crippen LogP contribution in [0.4, 0.5) is 0 Å². The van der Waals surface area contributed by atoms with Gasteiger partial charge in [-0.05, 0) is 0 Å². The summed E-state index contributed by atoms with van der Waals surface area (Å²) in [6.45, 7) is 0. The molecule has 1 fully saturated rings. The Morgan fingerprint density at radius 3 is 2.21 bits per heavy atom. The number of ether oxygens (including phenoxy) is 2. The number of rotatable bonds is 2. The molecule has 7 heteroatoms. The maximum absolute atomic E-state index is 10.5. The molecule has 0 amide bonds. The van der Waals surface area contributed by atoms with Gasteiger partial charge >= 0.3 is 5.97 Å². The van der Waals surface area contributed by atoms with Gasteiger partial charge in [0.2, 0.25) is 0 Å². The van der Waals surface area contributed by atoms with Crippen LogP contribution in [0.25, 0.3) is 0 Å². The number of hydrogen-bond donors (Lipinski definition) is 4. The number of carboxylic acids is 1. The van der Waals surface area contributed by atoms with Gasteiger partial charge in [0.05, 0.1) is 0 Å². The average molecular weight is 208 g/mol. The molecule has 0 aliphatic carbocycles. The quantitative estimate of drug-likeness (QED) is 0.397. The molecule has 82 valence electrons. The van der Waals surface area contributed by atoms with Crippen LogP contribution >= 0.6 is 0 Å². The lowest BCUT2D eigenvalue weighted by atomic mass is 9.99. The largest absolute Gasteiger partial charge is 0.479 e. The first-order chi connectivity index (χ1) is 6.49. The highest BCUT2D eigenvalue weighted by atomic mass is 16.7. The van der Waals surface area contributed by atoms with E-state index in [1.807, 2.05) is 0 Å². The van der Waals surface area contributed by atoms with E-state index in [-0.39, 0.29) is 0 Å². The van der Waals surface area contributed by atoms with Crippen molar-refractivity contribution >= 4 is 5.97 Å². The van der Waals surface area contributed by atoms with Gasteiger partial charge in [-0.15, -0.1) is 0 Å². The summed E-state index contributed by atoms with van der Waals surface area (Å²) < 4.78 is 9.31. The summed E-state index contributed by atoms with van der Waals surface area (Å²) in [6, 6.07) is 0. The molecule has 7 nitrogen and oxygen atoms in total. The van der Waals surface area contributed by atoms with Crippen LogP contribution in [0.2, 0.25) is 0 Å². The third-order valence-electron chi connectivity index (χ3n) is 2.05. The van der Waals surface area contributed by atoms with Crippen molar-refractivity contribution in [2.45, 2.75) is 30.7 Å². The molecule has 0 aromatic heterocycles. The first kappa shape index (κ1) is 11.3.